The van der Waals surface area contributed by atoms with Crippen molar-refractivity contribution < 1.29 is 23.1 Å². The molecule has 8 nitrogen and oxygen atoms in total. The van der Waals surface area contributed by atoms with Crippen LogP contribution in [0.25, 0.3) is 0 Å². The van der Waals surface area contributed by atoms with E-state index in [0.717, 1.165) is 42.8 Å². The molecule has 0 radical (unpaired) electrons. The molecule has 0 amide bonds. The molecule has 12 heteroatoms. The Morgan fingerprint density at radius 1 is 1.46 bits per heavy atom. The molecule has 1 aliphatic rings. The maximum absolute atomic E-state index is 12.0. The van der Waals surface area contributed by atoms with Crippen LogP contribution in [-0.4, -0.2) is 36.8 Å². The molecule has 0 saturated carbocycles. The maximum Gasteiger partial charge on any atom is 0.490 e. The fraction of sp³-hybridized carbons (Fsp3) is 0.438. The summed E-state index contributed by atoms with van der Waals surface area (Å²) in [6.07, 6.45) is -0.707. The van der Waals surface area contributed by atoms with Crippen LogP contribution < -0.4 is 5.56 Å². The molecule has 0 saturated heterocycles. The predicted molar refractivity (Wildman–Crippen MR) is 92.8 cm³/mol. The molecule has 0 fully saturated rings. The van der Waals surface area contributed by atoms with Gasteiger partial charge in [-0.25, -0.2) is 14.8 Å². The van der Waals surface area contributed by atoms with Gasteiger partial charge in [0.25, 0.3) is 5.56 Å². The van der Waals surface area contributed by atoms with E-state index in [9.17, 15) is 18.0 Å². The number of aryl methyl sites for hydroxylation is 2. The van der Waals surface area contributed by atoms with Gasteiger partial charge in [-0.1, -0.05) is 11.8 Å². The van der Waals surface area contributed by atoms with Crippen LogP contribution in [0.15, 0.2) is 16.3 Å². The number of nitrogens with one attached hydrogen (secondary N) is 1. The Balaban J connectivity index is 0.000000345. The number of alkyl halides is 3. The predicted octanol–water partition coefficient (Wildman–Crippen LogP) is 2.27. The van der Waals surface area contributed by atoms with Gasteiger partial charge >= 0.3 is 12.1 Å². The first-order valence-corrected chi connectivity index (χ1v) is 9.15. The number of aromatic nitrogens is 4. The minimum atomic E-state index is -5.08. The first kappa shape index (κ1) is 21.5. The zero-order chi connectivity index (χ0) is 20.9. The number of thioether (sulfide) groups is 1. The molecule has 28 heavy (non-hydrogen) atoms. The standard InChI is InChI=1S/C14H15N5OS.C2HF3O2/c1-2-19-8-16-11(6-15)12(19)7-21-14-17-10-5-3-4-9(10)13(20)18-14;3-2(4,5)1(6)7/h8H,2-5,7H2,1H3,(H,17,18,20);(H,6,7). The zero-order valence-electron chi connectivity index (χ0n) is 14.7. The van der Waals surface area contributed by atoms with Gasteiger partial charge in [0, 0.05) is 17.9 Å². The Kier molecular flexibility index (Phi) is 6.85. The van der Waals surface area contributed by atoms with Gasteiger partial charge in [0.05, 0.1) is 17.7 Å². The molecule has 0 atom stereocenters. The van der Waals surface area contributed by atoms with Gasteiger partial charge in [-0.2, -0.15) is 18.4 Å². The average Bonchev–Trinajstić information content (AvgIpc) is 3.25. The number of nitrogens with zero attached hydrogens (tertiary/aromatic N) is 4. The second-order valence-electron chi connectivity index (χ2n) is 5.68. The number of halogens is 3. The molecule has 0 bridgehead atoms. The number of H-pyrrole nitrogens is 1. The fourth-order valence-electron chi connectivity index (χ4n) is 2.55. The summed E-state index contributed by atoms with van der Waals surface area (Å²) in [7, 11) is 0. The van der Waals surface area contributed by atoms with Gasteiger partial charge in [0.15, 0.2) is 10.9 Å². The largest absolute Gasteiger partial charge is 0.490 e. The van der Waals surface area contributed by atoms with E-state index in [0.29, 0.717) is 16.6 Å². The lowest BCUT2D eigenvalue weighted by Crippen LogP contribution is -2.21. The van der Waals surface area contributed by atoms with Crippen molar-refractivity contribution in [1.29, 1.82) is 5.26 Å². The minimum Gasteiger partial charge on any atom is -0.475 e. The lowest BCUT2D eigenvalue weighted by molar-refractivity contribution is -0.192. The number of carboxylic acid groups (broad SMARTS) is 1. The summed E-state index contributed by atoms with van der Waals surface area (Å²) in [5.74, 6) is -2.19. The molecule has 150 valence electrons. The number of nitriles is 1. The van der Waals surface area contributed by atoms with E-state index in [1.54, 1.807) is 6.33 Å². The number of rotatable bonds is 4. The third kappa shape index (κ3) is 5.13. The van der Waals surface area contributed by atoms with Crippen molar-refractivity contribution in [2.24, 2.45) is 0 Å². The molecule has 3 rings (SSSR count). The fourth-order valence-corrected chi connectivity index (χ4v) is 3.46. The SMILES string of the molecule is CCn1cnc(C#N)c1CSc1nc2c(c(=O)[nH]1)CCC2.O=C(O)C(F)(F)F. The van der Waals surface area contributed by atoms with E-state index in [2.05, 4.69) is 21.0 Å². The summed E-state index contributed by atoms with van der Waals surface area (Å²) in [6.45, 7) is 2.77. The monoisotopic (exact) mass is 415 g/mol. The van der Waals surface area contributed by atoms with Crippen LogP contribution in [0.3, 0.4) is 0 Å². The first-order chi connectivity index (χ1) is 13.2. The minimum absolute atomic E-state index is 0.0236. The number of aromatic amines is 1. The molecule has 0 unspecified atom stereocenters. The molecule has 0 aliphatic heterocycles. The molecule has 2 aromatic rings. The van der Waals surface area contributed by atoms with Gasteiger partial charge in [0.2, 0.25) is 0 Å². The van der Waals surface area contributed by atoms with E-state index in [1.807, 2.05) is 11.5 Å². The summed E-state index contributed by atoms with van der Waals surface area (Å²) in [6, 6.07) is 2.10. The van der Waals surface area contributed by atoms with E-state index in [4.69, 9.17) is 15.2 Å². The smallest absolute Gasteiger partial charge is 0.475 e. The number of carboxylic acids is 1. The second-order valence-corrected chi connectivity index (χ2v) is 6.64. The van der Waals surface area contributed by atoms with Crippen molar-refractivity contribution >= 4 is 17.7 Å². The van der Waals surface area contributed by atoms with Crippen LogP contribution in [-0.2, 0) is 29.9 Å². The van der Waals surface area contributed by atoms with Gasteiger partial charge < -0.3 is 14.7 Å². The average molecular weight is 415 g/mol. The Bertz CT molecular complexity index is 962. The normalized spacial score (nSPS) is 12.7. The lowest BCUT2D eigenvalue weighted by Gasteiger charge is -2.06. The highest BCUT2D eigenvalue weighted by Gasteiger charge is 2.38. The number of fused-ring (bicyclic) bond motifs is 1. The Morgan fingerprint density at radius 2 is 2.14 bits per heavy atom. The highest BCUT2D eigenvalue weighted by Crippen LogP contribution is 2.23. The third-order valence-corrected chi connectivity index (χ3v) is 4.79. The number of carbonyl (C=O) groups is 1. The maximum atomic E-state index is 12.0. The van der Waals surface area contributed by atoms with E-state index in [-0.39, 0.29) is 5.56 Å². The highest BCUT2D eigenvalue weighted by atomic mass is 32.2. The van der Waals surface area contributed by atoms with Crippen molar-refractivity contribution in [2.75, 3.05) is 0 Å². The van der Waals surface area contributed by atoms with Crippen LogP contribution >= 0.6 is 11.8 Å². The van der Waals surface area contributed by atoms with Crippen molar-refractivity contribution in [3.8, 4) is 6.07 Å². The summed E-state index contributed by atoms with van der Waals surface area (Å²) in [4.78, 5) is 32.3. The number of imidazole rings is 1. The Labute approximate surface area is 161 Å². The van der Waals surface area contributed by atoms with Crippen molar-refractivity contribution in [1.82, 2.24) is 19.5 Å². The number of hydrogen-bond acceptors (Lipinski definition) is 6. The van der Waals surface area contributed by atoms with E-state index >= 15 is 0 Å². The number of aliphatic carboxylic acids is 1. The van der Waals surface area contributed by atoms with Gasteiger partial charge in [0.1, 0.15) is 6.07 Å². The van der Waals surface area contributed by atoms with Crippen LogP contribution in [0, 0.1) is 11.3 Å². The Hall–Kier alpha value is -2.81. The van der Waals surface area contributed by atoms with Crippen molar-refractivity contribution in [2.45, 2.75) is 49.8 Å². The summed E-state index contributed by atoms with van der Waals surface area (Å²) in [5.41, 5.74) is 3.03. The van der Waals surface area contributed by atoms with Crippen LogP contribution in [0.5, 0.6) is 0 Å². The van der Waals surface area contributed by atoms with E-state index < -0.39 is 12.1 Å². The van der Waals surface area contributed by atoms with Crippen molar-refractivity contribution in [3.63, 3.8) is 0 Å². The molecular formula is C16H16F3N5O3S. The van der Waals surface area contributed by atoms with Crippen molar-refractivity contribution in [3.05, 3.63) is 39.3 Å². The molecule has 2 aromatic heterocycles. The van der Waals surface area contributed by atoms with E-state index in [1.165, 1.54) is 11.8 Å². The summed E-state index contributed by atoms with van der Waals surface area (Å²) >= 11 is 1.44. The second kappa shape index (κ2) is 8.92. The van der Waals surface area contributed by atoms with Gasteiger partial charge in [-0.15, -0.1) is 0 Å². The molecule has 0 aromatic carbocycles. The highest BCUT2D eigenvalue weighted by molar-refractivity contribution is 7.98. The zero-order valence-corrected chi connectivity index (χ0v) is 15.5. The van der Waals surface area contributed by atoms with Crippen LogP contribution in [0.4, 0.5) is 13.2 Å². The number of hydrogen-bond donors (Lipinski definition) is 2. The topological polar surface area (TPSA) is 125 Å². The third-order valence-electron chi connectivity index (χ3n) is 3.90. The van der Waals surface area contributed by atoms with Crippen LogP contribution in [0.2, 0.25) is 0 Å². The molecule has 2 N–H and O–H groups in total. The quantitative estimate of drug-likeness (QED) is 0.580. The first-order valence-electron chi connectivity index (χ1n) is 8.16. The summed E-state index contributed by atoms with van der Waals surface area (Å²) in [5, 5.41) is 16.8. The molecular weight excluding hydrogens is 399 g/mol. The summed E-state index contributed by atoms with van der Waals surface area (Å²) < 4.78 is 33.7. The van der Waals surface area contributed by atoms with Gasteiger partial charge in [-0.3, -0.25) is 4.79 Å². The van der Waals surface area contributed by atoms with Gasteiger partial charge in [-0.05, 0) is 26.2 Å². The molecule has 1 aliphatic carbocycles. The molecule has 2 heterocycles. The lowest BCUT2D eigenvalue weighted by atomic mass is 10.3. The van der Waals surface area contributed by atoms with Crippen LogP contribution in [0.1, 0.15) is 36.0 Å². The Morgan fingerprint density at radius 3 is 2.71 bits per heavy atom. The molecule has 0 spiro atoms.